The number of aliphatic hydroxyl groups excluding tert-OH is 1. The van der Waals surface area contributed by atoms with Gasteiger partial charge in [0.2, 0.25) is 0 Å². The summed E-state index contributed by atoms with van der Waals surface area (Å²) in [5.74, 6) is -0.997. The molecule has 0 spiro atoms. The molecule has 3 aliphatic rings. The van der Waals surface area contributed by atoms with E-state index < -0.39 is 48.7 Å². The van der Waals surface area contributed by atoms with Crippen molar-refractivity contribution in [1.29, 1.82) is 0 Å². The van der Waals surface area contributed by atoms with E-state index in [9.17, 15) is 14.7 Å². The first-order valence-electron chi connectivity index (χ1n) is 11.9. The number of benzene rings is 3. The Bertz CT molecular complexity index is 1220. The third-order valence-electron chi connectivity index (χ3n) is 6.79. The molecule has 3 aliphatic heterocycles. The van der Waals surface area contributed by atoms with E-state index in [4.69, 9.17) is 18.9 Å². The average molecular weight is 488 g/mol. The van der Waals surface area contributed by atoms with Crippen molar-refractivity contribution in [2.45, 2.75) is 43.5 Å². The van der Waals surface area contributed by atoms with Crippen LogP contribution in [0.2, 0.25) is 0 Å². The van der Waals surface area contributed by atoms with Crippen molar-refractivity contribution in [2.75, 3.05) is 6.61 Å². The molecular formula is C28H25NO7. The zero-order valence-electron chi connectivity index (χ0n) is 19.3. The minimum atomic E-state index is -1.26. The van der Waals surface area contributed by atoms with Gasteiger partial charge in [-0.15, -0.1) is 0 Å². The first-order valence-corrected chi connectivity index (χ1v) is 11.9. The highest BCUT2D eigenvalue weighted by Crippen LogP contribution is 2.38. The molecular weight excluding hydrogens is 462 g/mol. The second-order valence-electron chi connectivity index (χ2n) is 9.02. The molecule has 2 unspecified atom stereocenters. The van der Waals surface area contributed by atoms with E-state index in [2.05, 4.69) is 0 Å². The maximum atomic E-state index is 13.3. The minimum Gasteiger partial charge on any atom is -0.388 e. The summed E-state index contributed by atoms with van der Waals surface area (Å²) in [6.45, 7) is 0.324. The van der Waals surface area contributed by atoms with Gasteiger partial charge in [-0.25, -0.2) is 0 Å². The van der Waals surface area contributed by atoms with Crippen LogP contribution in [0, 0.1) is 0 Å². The van der Waals surface area contributed by atoms with Gasteiger partial charge in [0.05, 0.1) is 24.3 Å². The third-order valence-corrected chi connectivity index (χ3v) is 6.79. The Balaban J connectivity index is 1.31. The van der Waals surface area contributed by atoms with E-state index in [1.807, 2.05) is 60.7 Å². The fourth-order valence-electron chi connectivity index (χ4n) is 5.00. The smallest absolute Gasteiger partial charge is 0.262 e. The zero-order chi connectivity index (χ0) is 24.6. The number of hydrogen-bond acceptors (Lipinski definition) is 7. The quantitative estimate of drug-likeness (QED) is 0.553. The van der Waals surface area contributed by atoms with Gasteiger partial charge in [0, 0.05) is 5.56 Å². The molecule has 0 aliphatic carbocycles. The molecule has 36 heavy (non-hydrogen) atoms. The predicted octanol–water partition coefficient (Wildman–Crippen LogP) is 3.07. The Hall–Kier alpha value is -3.40. The maximum absolute atomic E-state index is 13.3. The first kappa shape index (κ1) is 23.0. The summed E-state index contributed by atoms with van der Waals surface area (Å²) in [6, 6.07) is 24.3. The van der Waals surface area contributed by atoms with Gasteiger partial charge < -0.3 is 24.1 Å². The lowest BCUT2D eigenvalue weighted by atomic mass is 9.94. The van der Waals surface area contributed by atoms with Gasteiger partial charge in [0.1, 0.15) is 24.4 Å². The molecule has 8 heteroatoms. The van der Waals surface area contributed by atoms with Crippen LogP contribution in [-0.2, 0) is 25.6 Å². The fraction of sp³-hybridized carbons (Fsp3) is 0.286. The van der Waals surface area contributed by atoms with E-state index in [-0.39, 0.29) is 24.3 Å². The minimum absolute atomic E-state index is 0.154. The lowest BCUT2D eigenvalue weighted by Gasteiger charge is -2.49. The lowest BCUT2D eigenvalue weighted by molar-refractivity contribution is -0.350. The molecule has 184 valence electrons. The molecule has 6 rings (SSSR count). The largest absolute Gasteiger partial charge is 0.388 e. The van der Waals surface area contributed by atoms with Gasteiger partial charge in [0.15, 0.2) is 12.6 Å². The molecule has 2 saturated heterocycles. The Morgan fingerprint density at radius 3 is 2.11 bits per heavy atom. The molecule has 6 atom stereocenters. The molecule has 1 N–H and O–H groups in total. The molecule has 0 bridgehead atoms. The highest BCUT2D eigenvalue weighted by Gasteiger charge is 2.55. The van der Waals surface area contributed by atoms with Gasteiger partial charge >= 0.3 is 0 Å². The SMILES string of the molecule is O=C1c2ccccc2C(=O)N1[C@H]1C(OCc2ccccc2)O[C@@H]2COC(c3ccccc3)O[C@H]2[C@@H]1O. The van der Waals surface area contributed by atoms with Crippen LogP contribution in [0.25, 0.3) is 0 Å². The summed E-state index contributed by atoms with van der Waals surface area (Å²) < 4.78 is 24.3. The summed E-state index contributed by atoms with van der Waals surface area (Å²) in [7, 11) is 0. The molecule has 2 amide bonds. The van der Waals surface area contributed by atoms with Gasteiger partial charge in [-0.05, 0) is 17.7 Å². The number of ether oxygens (including phenoxy) is 4. The topological polar surface area (TPSA) is 94.5 Å². The van der Waals surface area contributed by atoms with Gasteiger partial charge in [-0.2, -0.15) is 0 Å². The van der Waals surface area contributed by atoms with Crippen molar-refractivity contribution in [3.8, 4) is 0 Å². The Morgan fingerprint density at radius 2 is 1.44 bits per heavy atom. The number of carbonyl (C=O) groups is 2. The van der Waals surface area contributed by atoms with Crippen LogP contribution in [0.5, 0.6) is 0 Å². The fourth-order valence-corrected chi connectivity index (χ4v) is 5.00. The van der Waals surface area contributed by atoms with Gasteiger partial charge in [-0.3, -0.25) is 14.5 Å². The van der Waals surface area contributed by atoms with Crippen LogP contribution in [0.4, 0.5) is 0 Å². The van der Waals surface area contributed by atoms with E-state index in [1.165, 1.54) is 0 Å². The van der Waals surface area contributed by atoms with Crippen molar-refractivity contribution in [2.24, 2.45) is 0 Å². The highest BCUT2D eigenvalue weighted by molar-refractivity contribution is 6.21. The molecule has 0 radical (unpaired) electrons. The van der Waals surface area contributed by atoms with Crippen molar-refractivity contribution < 1.29 is 33.6 Å². The summed E-state index contributed by atoms with van der Waals surface area (Å²) in [5.41, 5.74) is 2.25. The highest BCUT2D eigenvalue weighted by atomic mass is 16.7. The predicted molar refractivity (Wildman–Crippen MR) is 127 cm³/mol. The molecule has 3 heterocycles. The Labute approximate surface area is 208 Å². The lowest BCUT2D eigenvalue weighted by Crippen LogP contribution is -2.67. The second-order valence-corrected chi connectivity index (χ2v) is 9.02. The van der Waals surface area contributed by atoms with E-state index in [0.29, 0.717) is 0 Å². The molecule has 8 nitrogen and oxygen atoms in total. The first-order chi connectivity index (χ1) is 17.6. The number of imide groups is 1. The number of nitrogens with zero attached hydrogens (tertiary/aromatic N) is 1. The number of fused-ring (bicyclic) bond motifs is 2. The Kier molecular flexibility index (Phi) is 6.12. The van der Waals surface area contributed by atoms with Crippen LogP contribution < -0.4 is 0 Å². The van der Waals surface area contributed by atoms with Crippen LogP contribution in [0.15, 0.2) is 84.9 Å². The Morgan fingerprint density at radius 1 is 0.833 bits per heavy atom. The number of rotatable bonds is 5. The van der Waals surface area contributed by atoms with Gasteiger partial charge in [0.25, 0.3) is 11.8 Å². The monoisotopic (exact) mass is 487 g/mol. The number of aliphatic hydroxyl groups is 1. The van der Waals surface area contributed by atoms with Crippen LogP contribution in [0.3, 0.4) is 0 Å². The summed E-state index contributed by atoms with van der Waals surface area (Å²) in [6.07, 6.45) is -4.54. The average Bonchev–Trinajstić information content (AvgIpc) is 3.18. The van der Waals surface area contributed by atoms with Gasteiger partial charge in [-0.1, -0.05) is 72.8 Å². The standard InChI is InChI=1S/C28H25NO7/c30-23-22(29-25(31)19-13-7-8-14-20(19)26(29)32)28(33-15-17-9-3-1-4-10-17)35-21-16-34-27(36-24(21)23)18-11-5-2-6-12-18/h1-14,21-24,27-28,30H,15-16H2/t21-,22-,23-,24-,27?,28?/m1/s1. The molecule has 0 aromatic heterocycles. The van der Waals surface area contributed by atoms with Crippen molar-refractivity contribution in [3.05, 3.63) is 107 Å². The van der Waals surface area contributed by atoms with Crippen molar-refractivity contribution in [1.82, 2.24) is 4.90 Å². The summed E-state index contributed by atoms with van der Waals surface area (Å²) in [4.78, 5) is 27.7. The summed E-state index contributed by atoms with van der Waals surface area (Å²) in [5, 5.41) is 11.6. The van der Waals surface area contributed by atoms with E-state index in [0.717, 1.165) is 16.0 Å². The molecule has 3 aromatic carbocycles. The van der Waals surface area contributed by atoms with Crippen molar-refractivity contribution >= 4 is 11.8 Å². The number of carbonyl (C=O) groups excluding carboxylic acids is 2. The maximum Gasteiger partial charge on any atom is 0.262 e. The number of amides is 2. The van der Waals surface area contributed by atoms with E-state index in [1.54, 1.807) is 24.3 Å². The van der Waals surface area contributed by atoms with Crippen LogP contribution in [-0.4, -0.2) is 59.1 Å². The zero-order valence-corrected chi connectivity index (χ0v) is 19.3. The van der Waals surface area contributed by atoms with Crippen LogP contribution in [0.1, 0.15) is 38.1 Å². The normalized spacial score (nSPS) is 29.6. The molecule has 0 saturated carbocycles. The summed E-state index contributed by atoms with van der Waals surface area (Å²) >= 11 is 0. The third kappa shape index (κ3) is 4.03. The molecule has 3 aromatic rings. The second kappa shape index (κ2) is 9.57. The van der Waals surface area contributed by atoms with Crippen molar-refractivity contribution in [3.63, 3.8) is 0 Å². The molecule has 2 fully saturated rings. The van der Waals surface area contributed by atoms with E-state index >= 15 is 0 Å². The van der Waals surface area contributed by atoms with Crippen LogP contribution >= 0.6 is 0 Å². The number of hydrogen-bond donors (Lipinski definition) is 1.